The molecule has 0 N–H and O–H groups in total. The van der Waals surface area contributed by atoms with Crippen LogP contribution in [-0.4, -0.2) is 27.6 Å². The molecule has 1 rings (SSSR count). The summed E-state index contributed by atoms with van der Waals surface area (Å²) in [6.45, 7) is 9.00. The van der Waals surface area contributed by atoms with Crippen LogP contribution in [-0.2, 0) is 19.5 Å². The van der Waals surface area contributed by atoms with Gasteiger partial charge in [-0.1, -0.05) is 20.8 Å². The second-order valence-electron chi connectivity index (χ2n) is 3.85. The molecule has 98 valence electrons. The normalized spacial score (nSPS) is 11.0. The molecule has 0 atom stereocenters. The molecule has 17 heavy (non-hydrogen) atoms. The van der Waals surface area contributed by atoms with Gasteiger partial charge in [0.25, 0.3) is 5.82 Å². The van der Waals surface area contributed by atoms with Crippen molar-refractivity contribution in [3.05, 3.63) is 18.2 Å². The van der Waals surface area contributed by atoms with Crippen LogP contribution >= 0.6 is 23.5 Å². The average Bonchev–Trinajstić information content (AvgIpc) is 2.72. The second kappa shape index (κ2) is 8.92. The molecule has 0 unspecified atom stereocenters. The summed E-state index contributed by atoms with van der Waals surface area (Å²) in [6.07, 6.45) is 5.61. The van der Waals surface area contributed by atoms with Crippen LogP contribution < -0.4 is 4.57 Å². The van der Waals surface area contributed by atoms with Crippen molar-refractivity contribution in [2.45, 2.75) is 40.3 Å². The molecule has 0 aromatic carbocycles. The molecule has 1 aromatic rings. The zero-order valence-corrected chi connectivity index (χ0v) is 12.9. The van der Waals surface area contributed by atoms with Gasteiger partial charge in [-0.05, 0) is 11.5 Å². The summed E-state index contributed by atoms with van der Waals surface area (Å²) in [7, 11) is 0. The van der Waals surface area contributed by atoms with Crippen molar-refractivity contribution in [1.29, 1.82) is 0 Å². The van der Waals surface area contributed by atoms with Crippen LogP contribution in [0.4, 0.5) is 0 Å². The molecule has 0 radical (unpaired) electrons. The monoisotopic (exact) mass is 273 g/mol. The smallest absolute Gasteiger partial charge is 0.233 e. The van der Waals surface area contributed by atoms with Crippen LogP contribution in [0.5, 0.6) is 0 Å². The van der Waals surface area contributed by atoms with Crippen LogP contribution in [0.3, 0.4) is 0 Å². The molecule has 1 aromatic heterocycles. The summed E-state index contributed by atoms with van der Waals surface area (Å²) in [5.41, 5.74) is 0. The summed E-state index contributed by atoms with van der Waals surface area (Å²) in [6, 6.07) is 0. The Kier molecular flexibility index (Phi) is 7.86. The van der Waals surface area contributed by atoms with E-state index < -0.39 is 0 Å². The summed E-state index contributed by atoms with van der Waals surface area (Å²) in [5, 5.41) is 0. The fourth-order valence-electron chi connectivity index (χ4n) is 1.93. The molecule has 0 saturated heterocycles. The quantitative estimate of drug-likeness (QED) is 0.505. The Labute approximate surface area is 114 Å². The lowest BCUT2D eigenvalue weighted by atomic mass is 10.4. The predicted octanol–water partition coefficient (Wildman–Crippen LogP) is 2.84. The summed E-state index contributed by atoms with van der Waals surface area (Å²) < 4.78 is 4.83. The lowest BCUT2D eigenvalue weighted by Crippen LogP contribution is -2.38. The minimum Gasteiger partial charge on any atom is -0.233 e. The van der Waals surface area contributed by atoms with Crippen LogP contribution in [0.2, 0.25) is 0 Å². The molecule has 0 aliphatic heterocycles. The van der Waals surface area contributed by atoms with Crippen LogP contribution in [0.1, 0.15) is 26.6 Å². The Hall–Kier alpha value is -0.0900. The van der Waals surface area contributed by atoms with Gasteiger partial charge in [-0.3, -0.25) is 0 Å². The first-order chi connectivity index (χ1) is 8.33. The second-order valence-corrected chi connectivity index (χ2v) is 6.64. The van der Waals surface area contributed by atoms with E-state index in [4.69, 9.17) is 0 Å². The molecule has 0 aliphatic carbocycles. The van der Waals surface area contributed by atoms with Crippen molar-refractivity contribution < 1.29 is 4.57 Å². The molecule has 0 spiro atoms. The highest BCUT2D eigenvalue weighted by atomic mass is 32.2. The zero-order chi connectivity index (χ0) is 12.5. The van der Waals surface area contributed by atoms with E-state index in [-0.39, 0.29) is 0 Å². The Balaban J connectivity index is 2.53. The highest BCUT2D eigenvalue weighted by molar-refractivity contribution is 7.99. The first-order valence-electron chi connectivity index (χ1n) is 6.56. The van der Waals surface area contributed by atoms with Gasteiger partial charge in [-0.25, -0.2) is 9.13 Å². The molecule has 0 amide bonds. The Morgan fingerprint density at radius 3 is 2.47 bits per heavy atom. The van der Waals surface area contributed by atoms with E-state index in [9.17, 15) is 0 Å². The molecule has 0 aliphatic rings. The predicted molar refractivity (Wildman–Crippen MR) is 80.0 cm³/mol. The molecular formula is C13H25N2S2+. The molecular weight excluding hydrogens is 248 g/mol. The third-order valence-corrected chi connectivity index (χ3v) is 4.53. The average molecular weight is 273 g/mol. The fourth-order valence-corrected chi connectivity index (χ4v) is 3.15. The van der Waals surface area contributed by atoms with E-state index in [0.29, 0.717) is 0 Å². The fraction of sp³-hybridized carbons (Fsp3) is 0.769. The first kappa shape index (κ1) is 15.0. The number of aromatic nitrogens is 2. The number of hydrogen-bond acceptors (Lipinski definition) is 2. The molecule has 4 heteroatoms. The van der Waals surface area contributed by atoms with Crippen molar-refractivity contribution >= 4 is 23.5 Å². The van der Waals surface area contributed by atoms with Crippen molar-refractivity contribution in [1.82, 2.24) is 4.57 Å². The third-order valence-electron chi connectivity index (χ3n) is 2.77. The molecule has 1 heterocycles. The topological polar surface area (TPSA) is 8.81 Å². The minimum absolute atomic E-state index is 1.13. The Morgan fingerprint density at radius 1 is 1.12 bits per heavy atom. The van der Waals surface area contributed by atoms with E-state index >= 15 is 0 Å². The lowest BCUT2D eigenvalue weighted by Gasteiger charge is -2.03. The SMILES string of the molecule is CCSCCn1cc[n+](CCSCC)c1CC. The van der Waals surface area contributed by atoms with Gasteiger partial charge in [0.2, 0.25) is 0 Å². The molecule has 2 nitrogen and oxygen atoms in total. The van der Waals surface area contributed by atoms with Crippen molar-refractivity contribution in [3.63, 3.8) is 0 Å². The van der Waals surface area contributed by atoms with E-state index in [2.05, 4.69) is 42.3 Å². The number of aryl methyl sites for hydroxylation is 2. The van der Waals surface area contributed by atoms with Gasteiger partial charge in [0, 0.05) is 17.9 Å². The summed E-state index contributed by atoms with van der Waals surface area (Å²) in [5.74, 6) is 6.36. The number of hydrogen-bond donors (Lipinski definition) is 0. The number of imidazole rings is 1. The highest BCUT2D eigenvalue weighted by Gasteiger charge is 2.14. The van der Waals surface area contributed by atoms with Gasteiger partial charge >= 0.3 is 0 Å². The van der Waals surface area contributed by atoms with Crippen LogP contribution in [0.25, 0.3) is 0 Å². The van der Waals surface area contributed by atoms with Crippen molar-refractivity contribution in [2.75, 3.05) is 23.0 Å². The molecule has 0 saturated carbocycles. The minimum atomic E-state index is 1.13. The van der Waals surface area contributed by atoms with Gasteiger partial charge in [0.05, 0.1) is 13.1 Å². The summed E-state index contributed by atoms with van der Waals surface area (Å²) in [4.78, 5) is 0. The number of rotatable bonds is 9. The number of thioether (sulfide) groups is 2. The first-order valence-corrected chi connectivity index (χ1v) is 8.87. The Morgan fingerprint density at radius 2 is 1.82 bits per heavy atom. The van der Waals surface area contributed by atoms with Crippen LogP contribution in [0, 0.1) is 0 Å². The zero-order valence-electron chi connectivity index (χ0n) is 11.3. The maximum absolute atomic E-state index is 2.42. The van der Waals surface area contributed by atoms with E-state index in [1.807, 2.05) is 23.5 Å². The maximum atomic E-state index is 2.42. The summed E-state index contributed by atoms with van der Waals surface area (Å²) >= 11 is 4.04. The molecule has 0 fully saturated rings. The standard InChI is InChI=1S/C13H25N2S2/c1-4-13-14(9-11-16-5-2)7-8-15(13)10-12-17-6-3/h7-8H,4-6,9-12H2,1-3H3/q+1. The molecule has 0 bridgehead atoms. The van der Waals surface area contributed by atoms with E-state index in [1.54, 1.807) is 0 Å². The number of nitrogens with zero attached hydrogens (tertiary/aromatic N) is 2. The van der Waals surface area contributed by atoms with Crippen LogP contribution in [0.15, 0.2) is 12.4 Å². The highest BCUT2D eigenvalue weighted by Crippen LogP contribution is 2.04. The van der Waals surface area contributed by atoms with Gasteiger partial charge < -0.3 is 0 Å². The van der Waals surface area contributed by atoms with Gasteiger partial charge in [-0.15, -0.1) is 0 Å². The van der Waals surface area contributed by atoms with E-state index in [0.717, 1.165) is 19.5 Å². The van der Waals surface area contributed by atoms with E-state index in [1.165, 1.54) is 28.8 Å². The van der Waals surface area contributed by atoms with Crippen molar-refractivity contribution in [2.24, 2.45) is 0 Å². The lowest BCUT2D eigenvalue weighted by molar-refractivity contribution is -0.699. The van der Waals surface area contributed by atoms with Gasteiger partial charge in [-0.2, -0.15) is 23.5 Å². The van der Waals surface area contributed by atoms with Gasteiger partial charge in [0.1, 0.15) is 12.4 Å². The maximum Gasteiger partial charge on any atom is 0.256 e. The van der Waals surface area contributed by atoms with Gasteiger partial charge in [0.15, 0.2) is 0 Å². The largest absolute Gasteiger partial charge is 0.256 e. The third kappa shape index (κ3) is 4.96. The Bertz CT molecular complexity index is 283. The van der Waals surface area contributed by atoms with Crippen molar-refractivity contribution in [3.8, 4) is 0 Å².